The van der Waals surface area contributed by atoms with Crippen molar-refractivity contribution in [3.63, 3.8) is 0 Å². The van der Waals surface area contributed by atoms with Gasteiger partial charge < -0.3 is 15.0 Å². The summed E-state index contributed by atoms with van der Waals surface area (Å²) in [5.74, 6) is 5.83. The van der Waals surface area contributed by atoms with E-state index < -0.39 is 0 Å². The molecule has 0 spiro atoms. The molecule has 7 nitrogen and oxygen atoms in total. The third-order valence-electron chi connectivity index (χ3n) is 4.46. The van der Waals surface area contributed by atoms with Crippen molar-refractivity contribution in [2.45, 2.75) is 59.5 Å². The minimum atomic E-state index is -0.113. The molecule has 0 aliphatic heterocycles. The number of anilines is 1. The highest BCUT2D eigenvalue weighted by Crippen LogP contribution is 2.29. The number of H-pyrrole nitrogens is 1. The zero-order chi connectivity index (χ0) is 19.4. The average molecular weight is 367 g/mol. The van der Waals surface area contributed by atoms with Gasteiger partial charge in [-0.2, -0.15) is 0 Å². The monoisotopic (exact) mass is 367 g/mol. The minimum Gasteiger partial charge on any atom is -0.325 e. The van der Waals surface area contributed by atoms with E-state index in [2.05, 4.69) is 22.3 Å². The van der Waals surface area contributed by atoms with Crippen LogP contribution in [0.5, 0.6) is 0 Å². The van der Waals surface area contributed by atoms with Gasteiger partial charge in [0.25, 0.3) is 5.56 Å². The Morgan fingerprint density at radius 3 is 2.81 bits per heavy atom. The summed E-state index contributed by atoms with van der Waals surface area (Å²) in [5.41, 5.74) is 1.74. The van der Waals surface area contributed by atoms with E-state index in [4.69, 9.17) is 4.98 Å². The third kappa shape index (κ3) is 3.61. The number of rotatable bonds is 7. The van der Waals surface area contributed by atoms with Gasteiger partial charge >= 0.3 is 0 Å². The number of nitrogens with one attached hydrogen (secondary N) is 2. The largest absolute Gasteiger partial charge is 0.325 e. The van der Waals surface area contributed by atoms with Crippen molar-refractivity contribution < 1.29 is 4.79 Å². The van der Waals surface area contributed by atoms with Crippen molar-refractivity contribution in [3.05, 3.63) is 22.7 Å². The highest BCUT2D eigenvalue weighted by atomic mass is 16.1. The highest BCUT2D eigenvalue weighted by Gasteiger charge is 2.19. The number of nitrogens with zero attached hydrogens (tertiary/aromatic N) is 3. The molecule has 7 heteroatoms. The second-order valence-corrected chi connectivity index (χ2v) is 6.51. The maximum Gasteiger partial charge on any atom is 0.262 e. The quantitative estimate of drug-likeness (QED) is 0.629. The van der Waals surface area contributed by atoms with Gasteiger partial charge in [-0.15, -0.1) is 11.8 Å². The number of hydrogen-bond acceptors (Lipinski definition) is 3. The summed E-state index contributed by atoms with van der Waals surface area (Å²) in [6, 6.07) is 0. The summed E-state index contributed by atoms with van der Waals surface area (Å²) in [6.45, 7) is 7.07. The van der Waals surface area contributed by atoms with E-state index in [0.29, 0.717) is 48.2 Å². The number of aromatic amines is 1. The van der Waals surface area contributed by atoms with Crippen LogP contribution in [0.3, 0.4) is 0 Å². The first kappa shape index (κ1) is 18.8. The molecule has 0 bridgehead atoms. The van der Waals surface area contributed by atoms with Crippen LogP contribution in [-0.4, -0.2) is 25.2 Å². The van der Waals surface area contributed by atoms with Crippen LogP contribution in [-0.2, 0) is 17.9 Å². The first-order valence-electron chi connectivity index (χ1n) is 9.40. The number of carbonyl (C=O) groups excluding carboxylic acids is 1. The zero-order valence-corrected chi connectivity index (χ0v) is 16.1. The van der Waals surface area contributed by atoms with E-state index in [1.807, 2.05) is 25.5 Å². The van der Waals surface area contributed by atoms with Gasteiger partial charge in [-0.3, -0.25) is 14.3 Å². The van der Waals surface area contributed by atoms with E-state index in [9.17, 15) is 9.59 Å². The number of amides is 1. The Kier molecular flexibility index (Phi) is 5.65. The normalized spacial score (nSPS) is 10.9. The van der Waals surface area contributed by atoms with Crippen LogP contribution < -0.4 is 10.9 Å². The molecule has 142 valence electrons. The number of aromatic nitrogens is 4. The fourth-order valence-corrected chi connectivity index (χ4v) is 3.24. The summed E-state index contributed by atoms with van der Waals surface area (Å²) < 4.78 is 3.57. The number of carbonyl (C=O) groups is 1. The lowest BCUT2D eigenvalue weighted by Gasteiger charge is -2.08. The summed E-state index contributed by atoms with van der Waals surface area (Å²) in [4.78, 5) is 29.9. The van der Waals surface area contributed by atoms with Crippen molar-refractivity contribution in [2.24, 2.45) is 0 Å². The van der Waals surface area contributed by atoms with Crippen LogP contribution in [0.2, 0.25) is 0 Å². The highest BCUT2D eigenvalue weighted by molar-refractivity contribution is 6.11. The lowest BCUT2D eigenvalue weighted by Crippen LogP contribution is -2.17. The molecule has 0 aliphatic rings. The second-order valence-electron chi connectivity index (χ2n) is 6.51. The van der Waals surface area contributed by atoms with Crippen LogP contribution in [0.4, 0.5) is 5.69 Å². The van der Waals surface area contributed by atoms with Crippen LogP contribution in [0.25, 0.3) is 21.9 Å². The maximum absolute atomic E-state index is 12.9. The fourth-order valence-electron chi connectivity index (χ4n) is 3.24. The molecule has 2 N–H and O–H groups in total. The summed E-state index contributed by atoms with van der Waals surface area (Å²) in [7, 11) is 0. The van der Waals surface area contributed by atoms with Crippen molar-refractivity contribution in [1.82, 2.24) is 19.3 Å². The molecular formula is C20H25N5O2. The molecule has 1 amide bonds. The van der Waals surface area contributed by atoms with Crippen LogP contribution in [0.15, 0.2) is 17.2 Å². The molecule has 27 heavy (non-hydrogen) atoms. The molecule has 0 saturated carbocycles. The fraction of sp³-hybridized carbons (Fsp3) is 0.450. The Labute approximate surface area is 157 Å². The Bertz CT molecular complexity index is 1090. The predicted octanol–water partition coefficient (Wildman–Crippen LogP) is 3.24. The molecule has 0 unspecified atom stereocenters. The minimum absolute atomic E-state index is 0.0986. The molecule has 0 fully saturated rings. The van der Waals surface area contributed by atoms with Gasteiger partial charge in [0.15, 0.2) is 5.65 Å². The maximum atomic E-state index is 12.9. The van der Waals surface area contributed by atoms with Gasteiger partial charge in [0.05, 0.1) is 28.5 Å². The number of pyridine rings is 1. The Morgan fingerprint density at radius 2 is 2.11 bits per heavy atom. The zero-order valence-electron chi connectivity index (χ0n) is 16.1. The summed E-state index contributed by atoms with van der Waals surface area (Å²) in [5, 5.41) is 7.33. The Hall–Kier alpha value is -3.01. The molecule has 3 heterocycles. The standard InChI is InChI=1S/C20H25N5O2/c1-4-7-8-11-25-19-14(12-21-25)18(23-16(26)9-5-2)17-15(22-19)13-24(10-6-3)20(17)27/h12-13,21H,5-6,8-11H2,1-3H3,(H,23,26). The molecule has 0 saturated heterocycles. The first-order chi connectivity index (χ1) is 13.1. The van der Waals surface area contributed by atoms with Gasteiger partial charge in [-0.1, -0.05) is 13.8 Å². The first-order valence-corrected chi connectivity index (χ1v) is 9.40. The lowest BCUT2D eigenvalue weighted by molar-refractivity contribution is -0.116. The van der Waals surface area contributed by atoms with Gasteiger partial charge in [-0.25, -0.2) is 4.98 Å². The third-order valence-corrected chi connectivity index (χ3v) is 4.46. The van der Waals surface area contributed by atoms with E-state index in [1.165, 1.54) is 0 Å². The molecule has 0 atom stereocenters. The number of aryl methyl sites for hydroxylation is 2. The van der Waals surface area contributed by atoms with Crippen molar-refractivity contribution in [3.8, 4) is 11.8 Å². The van der Waals surface area contributed by atoms with Crippen molar-refractivity contribution >= 4 is 33.5 Å². The van der Waals surface area contributed by atoms with Gasteiger partial charge in [0.2, 0.25) is 5.91 Å². The Balaban J connectivity index is 2.21. The molecule has 0 aliphatic carbocycles. The molecule has 3 aromatic heterocycles. The molecule has 3 rings (SSSR count). The summed E-state index contributed by atoms with van der Waals surface area (Å²) >= 11 is 0. The number of fused-ring (bicyclic) bond motifs is 2. The van der Waals surface area contributed by atoms with E-state index >= 15 is 0 Å². The SMILES string of the molecule is CC#CCCn1[nH]cc2c(NC(=O)CCC)c3c(=O)n(CCC)cc3nc21. The van der Waals surface area contributed by atoms with Crippen molar-refractivity contribution in [1.29, 1.82) is 0 Å². The van der Waals surface area contributed by atoms with Gasteiger partial charge in [0, 0.05) is 31.8 Å². The average Bonchev–Trinajstić information content (AvgIpc) is 3.18. The van der Waals surface area contributed by atoms with E-state index in [0.717, 1.165) is 18.2 Å². The van der Waals surface area contributed by atoms with Crippen molar-refractivity contribution in [2.75, 3.05) is 5.32 Å². The van der Waals surface area contributed by atoms with Gasteiger partial charge in [-0.05, 0) is 19.8 Å². The van der Waals surface area contributed by atoms with Crippen LogP contribution >= 0.6 is 0 Å². The topological polar surface area (TPSA) is 84.7 Å². The predicted molar refractivity (Wildman–Crippen MR) is 108 cm³/mol. The molecule has 3 aromatic rings. The number of hydrogen-bond donors (Lipinski definition) is 2. The second kappa shape index (κ2) is 8.12. The van der Waals surface area contributed by atoms with E-state index in [1.54, 1.807) is 17.0 Å². The Morgan fingerprint density at radius 1 is 1.30 bits per heavy atom. The summed E-state index contributed by atoms with van der Waals surface area (Å²) in [6.07, 6.45) is 6.26. The van der Waals surface area contributed by atoms with Crippen LogP contribution in [0, 0.1) is 11.8 Å². The molecular weight excluding hydrogens is 342 g/mol. The molecule has 0 aromatic carbocycles. The van der Waals surface area contributed by atoms with Crippen LogP contribution in [0.1, 0.15) is 46.5 Å². The van der Waals surface area contributed by atoms with Gasteiger partial charge in [0.1, 0.15) is 0 Å². The smallest absolute Gasteiger partial charge is 0.262 e. The van der Waals surface area contributed by atoms with E-state index in [-0.39, 0.29) is 11.5 Å². The lowest BCUT2D eigenvalue weighted by atomic mass is 10.2. The molecule has 0 radical (unpaired) electrons.